The molecule has 0 atom stereocenters. The van der Waals surface area contributed by atoms with Gasteiger partial charge >= 0.3 is 0 Å². The summed E-state index contributed by atoms with van der Waals surface area (Å²) in [7, 11) is -3.57. The number of sulfonamides is 1. The summed E-state index contributed by atoms with van der Waals surface area (Å²) in [6.07, 6.45) is 0. The molecule has 3 aromatic carbocycles. The molecule has 0 aromatic heterocycles. The number of aryl methyl sites for hydroxylation is 1. The van der Waals surface area contributed by atoms with Crippen molar-refractivity contribution in [3.05, 3.63) is 72.3 Å². The highest BCUT2D eigenvalue weighted by atomic mass is 32.2. The molecule has 0 fully saturated rings. The zero-order chi connectivity index (χ0) is 14.9. The van der Waals surface area contributed by atoms with E-state index in [1.165, 1.54) is 0 Å². The molecule has 21 heavy (non-hydrogen) atoms. The Morgan fingerprint density at radius 3 is 2.19 bits per heavy atom. The van der Waals surface area contributed by atoms with Crippen LogP contribution in [0.5, 0.6) is 0 Å². The van der Waals surface area contributed by atoms with E-state index in [9.17, 15) is 8.42 Å². The highest BCUT2D eigenvalue weighted by Gasteiger charge is 2.14. The van der Waals surface area contributed by atoms with Crippen LogP contribution < -0.4 is 4.72 Å². The van der Waals surface area contributed by atoms with E-state index in [4.69, 9.17) is 0 Å². The van der Waals surface area contributed by atoms with Crippen molar-refractivity contribution in [3.8, 4) is 0 Å². The Balaban J connectivity index is 1.97. The van der Waals surface area contributed by atoms with Crippen LogP contribution in [0.3, 0.4) is 0 Å². The molecule has 0 aliphatic heterocycles. The van der Waals surface area contributed by atoms with Crippen molar-refractivity contribution < 1.29 is 8.42 Å². The first-order valence-corrected chi connectivity index (χ1v) is 8.11. The molecule has 4 heteroatoms. The number of nitrogens with one attached hydrogen (secondary N) is 1. The normalized spacial score (nSPS) is 11.5. The molecule has 0 radical (unpaired) electrons. The first-order chi connectivity index (χ1) is 10.0. The molecule has 3 aromatic rings. The molecule has 0 spiro atoms. The second kappa shape index (κ2) is 5.22. The second-order valence-electron chi connectivity index (χ2n) is 4.98. The standard InChI is InChI=1S/C17H15NO2S/c1-13-6-9-16(10-7-13)18-21(19,20)17-11-8-14-4-2-3-5-15(14)12-17/h2-12,18H,1H3. The molecule has 0 saturated heterocycles. The first kappa shape index (κ1) is 13.6. The first-order valence-electron chi connectivity index (χ1n) is 6.63. The maximum Gasteiger partial charge on any atom is 0.261 e. The van der Waals surface area contributed by atoms with Crippen molar-refractivity contribution in [1.29, 1.82) is 0 Å². The summed E-state index contributed by atoms with van der Waals surface area (Å²) in [5, 5.41) is 1.93. The lowest BCUT2D eigenvalue weighted by molar-refractivity contribution is 0.601. The second-order valence-corrected chi connectivity index (χ2v) is 6.66. The Hall–Kier alpha value is -2.33. The van der Waals surface area contributed by atoms with E-state index in [1.807, 2.05) is 49.4 Å². The Labute approximate surface area is 124 Å². The lowest BCUT2D eigenvalue weighted by atomic mass is 10.1. The molecule has 0 aliphatic carbocycles. The number of rotatable bonds is 3. The topological polar surface area (TPSA) is 46.2 Å². The summed E-state index contributed by atoms with van der Waals surface area (Å²) in [4.78, 5) is 0.266. The molecular formula is C17H15NO2S. The number of hydrogen-bond acceptors (Lipinski definition) is 2. The fourth-order valence-electron chi connectivity index (χ4n) is 2.17. The highest BCUT2D eigenvalue weighted by Crippen LogP contribution is 2.21. The van der Waals surface area contributed by atoms with Crippen LogP contribution >= 0.6 is 0 Å². The number of anilines is 1. The van der Waals surface area contributed by atoms with Gasteiger partial charge < -0.3 is 0 Å². The smallest absolute Gasteiger partial charge is 0.261 e. The Bertz CT molecular complexity index is 884. The molecule has 0 amide bonds. The Kier molecular flexibility index (Phi) is 3.39. The number of hydrogen-bond donors (Lipinski definition) is 1. The summed E-state index contributed by atoms with van der Waals surface area (Å²) in [5.74, 6) is 0. The van der Waals surface area contributed by atoms with Crippen molar-refractivity contribution in [1.82, 2.24) is 0 Å². The summed E-state index contributed by atoms with van der Waals surface area (Å²) in [5.41, 5.74) is 1.65. The summed E-state index contributed by atoms with van der Waals surface area (Å²) in [6, 6.07) is 20.1. The minimum atomic E-state index is -3.57. The van der Waals surface area contributed by atoms with Gasteiger partial charge in [-0.25, -0.2) is 8.42 Å². The third-order valence-electron chi connectivity index (χ3n) is 3.34. The van der Waals surface area contributed by atoms with Crippen LogP contribution in [0.2, 0.25) is 0 Å². The van der Waals surface area contributed by atoms with Crippen LogP contribution in [0.25, 0.3) is 10.8 Å². The van der Waals surface area contributed by atoms with E-state index >= 15 is 0 Å². The van der Waals surface area contributed by atoms with Crippen molar-refractivity contribution in [2.75, 3.05) is 4.72 Å². The molecule has 3 nitrogen and oxygen atoms in total. The SMILES string of the molecule is Cc1ccc(NS(=O)(=O)c2ccc3ccccc3c2)cc1. The maximum atomic E-state index is 12.4. The predicted octanol–water partition coefficient (Wildman–Crippen LogP) is 3.95. The molecule has 0 unspecified atom stereocenters. The fourth-order valence-corrected chi connectivity index (χ4v) is 3.26. The Morgan fingerprint density at radius 1 is 0.810 bits per heavy atom. The highest BCUT2D eigenvalue weighted by molar-refractivity contribution is 7.92. The number of benzene rings is 3. The van der Waals surface area contributed by atoms with Gasteiger partial charge in [-0.2, -0.15) is 0 Å². The van der Waals surface area contributed by atoms with E-state index in [-0.39, 0.29) is 4.90 Å². The minimum Gasteiger partial charge on any atom is -0.280 e. The van der Waals surface area contributed by atoms with E-state index in [2.05, 4.69) is 4.72 Å². The lowest BCUT2D eigenvalue weighted by Gasteiger charge is -2.09. The van der Waals surface area contributed by atoms with Gasteiger partial charge in [0.05, 0.1) is 4.90 Å². The van der Waals surface area contributed by atoms with Crippen LogP contribution in [-0.2, 0) is 10.0 Å². The Morgan fingerprint density at radius 2 is 1.48 bits per heavy atom. The van der Waals surface area contributed by atoms with Gasteiger partial charge in [-0.15, -0.1) is 0 Å². The van der Waals surface area contributed by atoms with Gasteiger partial charge in [0.1, 0.15) is 0 Å². The van der Waals surface area contributed by atoms with Gasteiger partial charge in [-0.3, -0.25) is 4.72 Å². The van der Waals surface area contributed by atoms with Gasteiger partial charge in [-0.1, -0.05) is 48.0 Å². The number of fused-ring (bicyclic) bond motifs is 1. The zero-order valence-electron chi connectivity index (χ0n) is 11.6. The van der Waals surface area contributed by atoms with Gasteiger partial charge in [0.2, 0.25) is 0 Å². The molecule has 0 aliphatic rings. The average molecular weight is 297 g/mol. The van der Waals surface area contributed by atoms with E-state index in [0.29, 0.717) is 5.69 Å². The van der Waals surface area contributed by atoms with Crippen LogP contribution in [0.1, 0.15) is 5.56 Å². The monoisotopic (exact) mass is 297 g/mol. The van der Waals surface area contributed by atoms with E-state index in [0.717, 1.165) is 16.3 Å². The lowest BCUT2D eigenvalue weighted by Crippen LogP contribution is -2.12. The van der Waals surface area contributed by atoms with Gasteiger partial charge in [0, 0.05) is 5.69 Å². The van der Waals surface area contributed by atoms with Gasteiger partial charge in [-0.05, 0) is 42.0 Å². The molecular weight excluding hydrogens is 282 g/mol. The maximum absolute atomic E-state index is 12.4. The van der Waals surface area contributed by atoms with Crippen LogP contribution in [-0.4, -0.2) is 8.42 Å². The minimum absolute atomic E-state index is 0.266. The zero-order valence-corrected chi connectivity index (χ0v) is 12.4. The van der Waals surface area contributed by atoms with Crippen molar-refractivity contribution >= 4 is 26.5 Å². The fraction of sp³-hybridized carbons (Fsp3) is 0.0588. The summed E-state index contributed by atoms with van der Waals surface area (Å²) in [6.45, 7) is 1.96. The summed E-state index contributed by atoms with van der Waals surface area (Å²) >= 11 is 0. The largest absolute Gasteiger partial charge is 0.280 e. The van der Waals surface area contributed by atoms with Gasteiger partial charge in [0.15, 0.2) is 0 Å². The molecule has 106 valence electrons. The van der Waals surface area contributed by atoms with Crippen LogP contribution in [0.15, 0.2) is 71.6 Å². The van der Waals surface area contributed by atoms with Crippen molar-refractivity contribution in [2.24, 2.45) is 0 Å². The van der Waals surface area contributed by atoms with Crippen LogP contribution in [0, 0.1) is 6.92 Å². The molecule has 0 bridgehead atoms. The molecule has 0 saturated carbocycles. The molecule has 3 rings (SSSR count). The third-order valence-corrected chi connectivity index (χ3v) is 4.71. The third kappa shape index (κ3) is 2.90. The van der Waals surface area contributed by atoms with Gasteiger partial charge in [0.25, 0.3) is 10.0 Å². The van der Waals surface area contributed by atoms with E-state index in [1.54, 1.807) is 24.3 Å². The average Bonchev–Trinajstić information content (AvgIpc) is 2.49. The summed E-state index contributed by atoms with van der Waals surface area (Å²) < 4.78 is 27.4. The van der Waals surface area contributed by atoms with E-state index < -0.39 is 10.0 Å². The predicted molar refractivity (Wildman–Crippen MR) is 85.9 cm³/mol. The van der Waals surface area contributed by atoms with Crippen LogP contribution in [0.4, 0.5) is 5.69 Å². The van der Waals surface area contributed by atoms with Crippen molar-refractivity contribution in [3.63, 3.8) is 0 Å². The molecule has 1 N–H and O–H groups in total. The quantitative estimate of drug-likeness (QED) is 0.795. The van der Waals surface area contributed by atoms with Crippen molar-refractivity contribution in [2.45, 2.75) is 11.8 Å². The molecule has 0 heterocycles.